The first-order chi connectivity index (χ1) is 18.9. The van der Waals surface area contributed by atoms with E-state index in [0.29, 0.717) is 18.5 Å². The zero-order valence-corrected chi connectivity index (χ0v) is 23.0. The summed E-state index contributed by atoms with van der Waals surface area (Å²) in [5.74, 6) is 0.923. The highest BCUT2D eigenvalue weighted by atomic mass is 16.5. The van der Waals surface area contributed by atoms with Gasteiger partial charge in [-0.25, -0.2) is 0 Å². The summed E-state index contributed by atoms with van der Waals surface area (Å²) in [6.45, 7) is 10.8. The van der Waals surface area contributed by atoms with Gasteiger partial charge in [-0.15, -0.1) is 0 Å². The van der Waals surface area contributed by atoms with Crippen LogP contribution in [0.1, 0.15) is 70.3 Å². The summed E-state index contributed by atoms with van der Waals surface area (Å²) in [7, 11) is 0. The lowest BCUT2D eigenvalue weighted by atomic mass is 9.99. The van der Waals surface area contributed by atoms with Crippen molar-refractivity contribution in [2.45, 2.75) is 65.5 Å². The zero-order chi connectivity index (χ0) is 27.1. The summed E-state index contributed by atoms with van der Waals surface area (Å²) in [6, 6.07) is 5.97. The van der Waals surface area contributed by atoms with E-state index >= 15 is 0 Å². The van der Waals surface area contributed by atoms with Crippen molar-refractivity contribution in [1.29, 1.82) is 0 Å². The molecule has 9 heteroatoms. The Morgan fingerprint density at radius 2 is 1.95 bits per heavy atom. The molecule has 5 heterocycles. The highest BCUT2D eigenvalue weighted by molar-refractivity contribution is 6.10. The Kier molecular flexibility index (Phi) is 6.85. The maximum absolute atomic E-state index is 13.2. The summed E-state index contributed by atoms with van der Waals surface area (Å²) < 4.78 is 5.31. The van der Waals surface area contributed by atoms with Crippen molar-refractivity contribution >= 4 is 23.0 Å². The van der Waals surface area contributed by atoms with Crippen LogP contribution in [0.25, 0.3) is 0 Å². The minimum Gasteiger partial charge on any atom is -0.382 e. The summed E-state index contributed by atoms with van der Waals surface area (Å²) in [6.07, 6.45) is 6.48. The number of hydrogen-bond acceptors (Lipinski definition) is 7. The average Bonchev–Trinajstić information content (AvgIpc) is 3.69. The van der Waals surface area contributed by atoms with Crippen molar-refractivity contribution < 1.29 is 9.32 Å². The molecule has 6 rings (SSSR count). The normalized spacial score (nSPS) is 17.5. The van der Waals surface area contributed by atoms with E-state index in [4.69, 9.17) is 9.52 Å². The molecule has 0 aliphatic carbocycles. The Morgan fingerprint density at radius 3 is 2.72 bits per heavy atom. The van der Waals surface area contributed by atoms with Gasteiger partial charge >= 0.3 is 0 Å². The van der Waals surface area contributed by atoms with Crippen LogP contribution in [-0.2, 0) is 19.4 Å². The number of aromatic nitrogens is 2. The number of hydrogen-bond donors (Lipinski definition) is 2. The fourth-order valence-electron chi connectivity index (χ4n) is 6.18. The summed E-state index contributed by atoms with van der Waals surface area (Å²) in [5.41, 5.74) is 7.46. The van der Waals surface area contributed by atoms with Gasteiger partial charge in [-0.2, -0.15) is 0 Å². The fraction of sp³-hybridized carbons (Fsp3) is 0.467. The molecule has 39 heavy (non-hydrogen) atoms. The van der Waals surface area contributed by atoms with Crippen molar-refractivity contribution in [3.8, 4) is 0 Å². The Labute approximate surface area is 228 Å². The van der Waals surface area contributed by atoms with Crippen LogP contribution >= 0.6 is 0 Å². The lowest BCUT2D eigenvalue weighted by Crippen LogP contribution is -2.29. The third-order valence-electron chi connectivity index (χ3n) is 8.24. The first kappa shape index (κ1) is 25.6. The SMILES string of the molecule is Cc1noc(C)c1CC(C)Nc1cc[nH]c(=O)c1C1=Nc2cc3c(cc2C1)C(=O)N(CCCN1CCCC1)C3. The van der Waals surface area contributed by atoms with Gasteiger partial charge < -0.3 is 24.6 Å². The number of likely N-dealkylation sites (tertiary alicyclic amines) is 1. The van der Waals surface area contributed by atoms with Gasteiger partial charge in [0, 0.05) is 42.9 Å². The van der Waals surface area contributed by atoms with E-state index in [1.807, 2.05) is 36.9 Å². The number of nitrogens with one attached hydrogen (secondary N) is 2. The van der Waals surface area contributed by atoms with Gasteiger partial charge in [-0.3, -0.25) is 14.6 Å². The molecular formula is C30H36N6O3. The van der Waals surface area contributed by atoms with Crippen LogP contribution in [0, 0.1) is 13.8 Å². The van der Waals surface area contributed by atoms with Crippen molar-refractivity contribution in [3.63, 3.8) is 0 Å². The standard InChI is InChI=1S/C30H36N6O3/c1-18(13-23-19(2)34-39-20(23)3)32-25-7-8-31-29(37)28(25)27-15-21-14-24-22(16-26(21)33-27)17-36(30(24)38)12-6-11-35-9-4-5-10-35/h7-8,14,16,18H,4-6,9-13,15,17H2,1-3H3,(H2,31,32,37). The fourth-order valence-corrected chi connectivity index (χ4v) is 6.18. The Bertz CT molecular complexity index is 1480. The van der Waals surface area contributed by atoms with Crippen molar-refractivity contribution in [3.05, 3.63) is 74.0 Å². The smallest absolute Gasteiger partial charge is 0.259 e. The third-order valence-corrected chi connectivity index (χ3v) is 8.24. The molecule has 204 valence electrons. The summed E-state index contributed by atoms with van der Waals surface area (Å²) >= 11 is 0. The van der Waals surface area contributed by atoms with E-state index in [2.05, 4.69) is 27.3 Å². The van der Waals surface area contributed by atoms with Crippen LogP contribution in [0.5, 0.6) is 0 Å². The molecule has 3 aliphatic rings. The largest absolute Gasteiger partial charge is 0.382 e. The molecular weight excluding hydrogens is 492 g/mol. The van der Waals surface area contributed by atoms with E-state index in [9.17, 15) is 9.59 Å². The van der Waals surface area contributed by atoms with E-state index in [1.54, 1.807) is 6.20 Å². The minimum absolute atomic E-state index is 0.0459. The number of aryl methyl sites for hydroxylation is 2. The number of fused-ring (bicyclic) bond motifs is 2. The van der Waals surface area contributed by atoms with Gasteiger partial charge in [0.25, 0.3) is 11.5 Å². The van der Waals surface area contributed by atoms with Gasteiger partial charge in [0.2, 0.25) is 0 Å². The van der Waals surface area contributed by atoms with Crippen LogP contribution in [0.3, 0.4) is 0 Å². The molecule has 1 unspecified atom stereocenters. The third kappa shape index (κ3) is 5.03. The lowest BCUT2D eigenvalue weighted by molar-refractivity contribution is 0.0772. The summed E-state index contributed by atoms with van der Waals surface area (Å²) in [4.78, 5) is 38.4. The van der Waals surface area contributed by atoms with Crippen LogP contribution in [0.2, 0.25) is 0 Å². The van der Waals surface area contributed by atoms with E-state index < -0.39 is 0 Å². The number of nitrogens with zero attached hydrogens (tertiary/aromatic N) is 4. The first-order valence-electron chi connectivity index (χ1n) is 14.0. The Hall–Kier alpha value is -3.72. The van der Waals surface area contributed by atoms with Crippen molar-refractivity contribution in [1.82, 2.24) is 19.9 Å². The van der Waals surface area contributed by atoms with Gasteiger partial charge in [-0.05, 0) is 95.4 Å². The monoisotopic (exact) mass is 528 g/mol. The number of benzene rings is 1. The molecule has 1 amide bonds. The second kappa shape index (κ2) is 10.4. The molecule has 0 bridgehead atoms. The molecule has 0 radical (unpaired) electrons. The van der Waals surface area contributed by atoms with Crippen molar-refractivity contribution in [2.24, 2.45) is 4.99 Å². The quantitative estimate of drug-likeness (QED) is 0.432. The van der Waals surface area contributed by atoms with E-state index in [0.717, 1.165) is 76.7 Å². The van der Waals surface area contributed by atoms with Gasteiger partial charge in [0.15, 0.2) is 0 Å². The van der Waals surface area contributed by atoms with E-state index in [1.165, 1.54) is 25.9 Å². The molecule has 3 aliphatic heterocycles. The molecule has 1 saturated heterocycles. The van der Waals surface area contributed by atoms with Gasteiger partial charge in [-0.1, -0.05) is 5.16 Å². The number of carbonyl (C=O) groups is 1. The average molecular weight is 529 g/mol. The lowest BCUT2D eigenvalue weighted by Gasteiger charge is -2.19. The van der Waals surface area contributed by atoms with Crippen molar-refractivity contribution in [2.75, 3.05) is 31.5 Å². The first-order valence-corrected chi connectivity index (χ1v) is 14.0. The molecule has 9 nitrogen and oxygen atoms in total. The molecule has 2 N–H and O–H groups in total. The predicted molar refractivity (Wildman–Crippen MR) is 151 cm³/mol. The Morgan fingerprint density at radius 1 is 1.13 bits per heavy atom. The maximum Gasteiger partial charge on any atom is 0.259 e. The second-order valence-corrected chi connectivity index (χ2v) is 11.2. The number of aromatic amines is 1. The number of rotatable bonds is 9. The number of carbonyl (C=O) groups excluding carboxylic acids is 1. The Balaban J connectivity index is 1.17. The zero-order valence-electron chi connectivity index (χ0n) is 23.0. The van der Waals surface area contributed by atoms with E-state index in [-0.39, 0.29) is 17.5 Å². The van der Waals surface area contributed by atoms with Crippen LogP contribution < -0.4 is 10.9 Å². The van der Waals surface area contributed by atoms with Gasteiger partial charge in [0.1, 0.15) is 5.76 Å². The molecule has 0 spiro atoms. The number of pyridine rings is 1. The molecule has 3 aromatic rings. The number of anilines is 1. The number of amides is 1. The van der Waals surface area contributed by atoms with Crippen LogP contribution in [0.4, 0.5) is 11.4 Å². The van der Waals surface area contributed by atoms with Crippen LogP contribution in [-0.4, -0.2) is 63.8 Å². The maximum atomic E-state index is 13.2. The number of H-pyrrole nitrogens is 1. The molecule has 2 aromatic heterocycles. The number of aliphatic imine (C=N–C) groups is 1. The second-order valence-electron chi connectivity index (χ2n) is 11.2. The molecule has 0 saturated carbocycles. The molecule has 1 fully saturated rings. The highest BCUT2D eigenvalue weighted by Gasteiger charge is 2.31. The molecule has 1 aromatic carbocycles. The predicted octanol–water partition coefficient (Wildman–Crippen LogP) is 4.14. The van der Waals surface area contributed by atoms with Crippen LogP contribution in [0.15, 0.2) is 38.7 Å². The van der Waals surface area contributed by atoms with Gasteiger partial charge in [0.05, 0.1) is 28.3 Å². The summed E-state index contributed by atoms with van der Waals surface area (Å²) in [5, 5.41) is 7.57. The molecule has 1 atom stereocenters. The topological polar surface area (TPSA) is 107 Å². The minimum atomic E-state index is -0.177. The highest BCUT2D eigenvalue weighted by Crippen LogP contribution is 2.36.